The van der Waals surface area contributed by atoms with Crippen LogP contribution in [0.3, 0.4) is 0 Å². The summed E-state index contributed by atoms with van der Waals surface area (Å²) in [5.41, 5.74) is 5.63. The lowest BCUT2D eigenvalue weighted by Gasteiger charge is -2.06. The molecule has 0 aliphatic heterocycles. The quantitative estimate of drug-likeness (QED) is 0.394. The zero-order chi connectivity index (χ0) is 23.5. The van der Waals surface area contributed by atoms with Crippen LogP contribution in [0.5, 0.6) is 5.75 Å². The summed E-state index contributed by atoms with van der Waals surface area (Å²) in [6, 6.07) is 24.8. The highest BCUT2D eigenvalue weighted by Gasteiger charge is 2.10. The van der Waals surface area contributed by atoms with Crippen molar-refractivity contribution >= 4 is 23.2 Å². The Balaban J connectivity index is 1.39. The summed E-state index contributed by atoms with van der Waals surface area (Å²) in [5, 5.41) is 10.5. The lowest BCUT2D eigenvalue weighted by atomic mass is 10.1. The zero-order valence-corrected chi connectivity index (χ0v) is 18.7. The molecule has 0 unspecified atom stereocenters. The molecule has 0 radical (unpaired) electrons. The van der Waals surface area contributed by atoms with Gasteiger partial charge in [-0.1, -0.05) is 18.2 Å². The maximum Gasteiger partial charge on any atom is 0.251 e. The number of ether oxygens (including phenoxy) is 1. The molecule has 8 nitrogen and oxygen atoms in total. The fraction of sp³-hybridized carbons (Fsp3) is 0.0769. The Labute approximate surface area is 196 Å². The van der Waals surface area contributed by atoms with Crippen molar-refractivity contribution < 1.29 is 9.53 Å². The summed E-state index contributed by atoms with van der Waals surface area (Å²) in [6.07, 6.45) is 1.72. The van der Waals surface area contributed by atoms with Gasteiger partial charge in [-0.3, -0.25) is 9.78 Å². The monoisotopic (exact) mass is 450 g/mol. The molecule has 1 amide bonds. The van der Waals surface area contributed by atoms with E-state index in [4.69, 9.17) is 4.74 Å². The second-order valence-electron chi connectivity index (χ2n) is 7.56. The van der Waals surface area contributed by atoms with Gasteiger partial charge in [-0.25, -0.2) is 4.52 Å². The average molecular weight is 451 g/mol. The third-order valence-corrected chi connectivity index (χ3v) is 5.41. The number of anilines is 2. The summed E-state index contributed by atoms with van der Waals surface area (Å²) in [6.45, 7) is 0. The van der Waals surface area contributed by atoms with Crippen LogP contribution in [-0.4, -0.2) is 39.6 Å². The Morgan fingerprint density at radius 3 is 2.50 bits per heavy atom. The lowest BCUT2D eigenvalue weighted by molar-refractivity contribution is 0.0963. The van der Waals surface area contributed by atoms with Crippen LogP contribution >= 0.6 is 0 Å². The third kappa shape index (κ3) is 4.16. The SMILES string of the molecule is CNC(=O)c1cccc(-c2ccc(Nc3nc4cccc(-c5ccc(OC)cc5)n4n3)cn2)c1. The smallest absolute Gasteiger partial charge is 0.251 e. The van der Waals surface area contributed by atoms with Crippen molar-refractivity contribution in [2.75, 3.05) is 19.5 Å². The Kier molecular flexibility index (Phi) is 5.61. The molecular weight excluding hydrogens is 428 g/mol. The first-order chi connectivity index (χ1) is 16.6. The van der Waals surface area contributed by atoms with Gasteiger partial charge >= 0.3 is 0 Å². The molecule has 8 heteroatoms. The van der Waals surface area contributed by atoms with Crippen LogP contribution in [0.25, 0.3) is 28.2 Å². The number of aromatic nitrogens is 4. The normalized spacial score (nSPS) is 10.8. The molecule has 5 aromatic rings. The number of hydrogen-bond donors (Lipinski definition) is 2. The number of fused-ring (bicyclic) bond motifs is 1. The molecule has 0 aliphatic rings. The van der Waals surface area contributed by atoms with E-state index in [2.05, 4.69) is 25.7 Å². The molecule has 34 heavy (non-hydrogen) atoms. The highest BCUT2D eigenvalue weighted by molar-refractivity contribution is 5.95. The predicted octanol–water partition coefficient (Wildman–Crippen LogP) is 4.57. The molecule has 3 aromatic heterocycles. The van der Waals surface area contributed by atoms with Crippen LogP contribution < -0.4 is 15.4 Å². The molecule has 2 N–H and O–H groups in total. The van der Waals surface area contributed by atoms with Gasteiger partial charge in [-0.2, -0.15) is 4.98 Å². The van der Waals surface area contributed by atoms with E-state index < -0.39 is 0 Å². The van der Waals surface area contributed by atoms with Gasteiger partial charge in [-0.15, -0.1) is 5.10 Å². The standard InChI is InChI=1S/C26H22N6O2/c1-27-25(33)19-6-3-5-18(15-19)22-14-11-20(16-28-22)29-26-30-24-8-4-7-23(32(24)31-26)17-9-12-21(34-2)13-10-17/h3-16H,1-2H3,(H,27,33)(H,29,31). The van der Waals surface area contributed by atoms with E-state index in [1.807, 2.05) is 72.8 Å². The van der Waals surface area contributed by atoms with E-state index in [0.29, 0.717) is 11.5 Å². The van der Waals surface area contributed by atoms with Gasteiger partial charge in [0, 0.05) is 23.7 Å². The topological polar surface area (TPSA) is 93.4 Å². The second-order valence-corrected chi connectivity index (χ2v) is 7.56. The molecule has 5 rings (SSSR count). The van der Waals surface area contributed by atoms with E-state index in [9.17, 15) is 4.79 Å². The molecule has 0 saturated carbocycles. The Morgan fingerprint density at radius 2 is 1.76 bits per heavy atom. The van der Waals surface area contributed by atoms with E-state index in [-0.39, 0.29) is 5.91 Å². The number of nitrogens with one attached hydrogen (secondary N) is 2. The predicted molar refractivity (Wildman–Crippen MR) is 131 cm³/mol. The largest absolute Gasteiger partial charge is 0.497 e. The maximum atomic E-state index is 11.9. The zero-order valence-electron chi connectivity index (χ0n) is 18.7. The lowest BCUT2D eigenvalue weighted by Crippen LogP contribution is -2.17. The van der Waals surface area contributed by atoms with E-state index >= 15 is 0 Å². The molecule has 0 saturated heterocycles. The highest BCUT2D eigenvalue weighted by Crippen LogP contribution is 2.25. The van der Waals surface area contributed by atoms with E-state index in [1.54, 1.807) is 30.9 Å². The third-order valence-electron chi connectivity index (χ3n) is 5.41. The van der Waals surface area contributed by atoms with Crippen molar-refractivity contribution in [1.29, 1.82) is 0 Å². The minimum absolute atomic E-state index is 0.132. The number of pyridine rings is 2. The number of amides is 1. The van der Waals surface area contributed by atoms with Gasteiger partial charge < -0.3 is 15.4 Å². The molecule has 168 valence electrons. The highest BCUT2D eigenvalue weighted by atomic mass is 16.5. The molecule has 2 aromatic carbocycles. The Bertz CT molecular complexity index is 1460. The molecule has 0 bridgehead atoms. The van der Waals surface area contributed by atoms with E-state index in [0.717, 1.165) is 39.6 Å². The number of benzene rings is 2. The van der Waals surface area contributed by atoms with Crippen molar-refractivity contribution in [3.63, 3.8) is 0 Å². The molecule has 0 fully saturated rings. The Hall–Kier alpha value is -4.72. The van der Waals surface area contributed by atoms with Gasteiger partial charge in [-0.05, 0) is 60.7 Å². The van der Waals surface area contributed by atoms with Crippen molar-refractivity contribution in [2.45, 2.75) is 0 Å². The fourth-order valence-electron chi connectivity index (χ4n) is 3.67. The number of nitrogens with zero attached hydrogens (tertiary/aromatic N) is 4. The van der Waals surface area contributed by atoms with Gasteiger partial charge in [0.25, 0.3) is 5.91 Å². The van der Waals surface area contributed by atoms with Gasteiger partial charge in [0.1, 0.15) is 5.75 Å². The van der Waals surface area contributed by atoms with Crippen molar-refractivity contribution in [2.24, 2.45) is 0 Å². The van der Waals surface area contributed by atoms with Crippen LogP contribution in [-0.2, 0) is 0 Å². The van der Waals surface area contributed by atoms with Gasteiger partial charge in [0.05, 0.1) is 30.4 Å². The van der Waals surface area contributed by atoms with Crippen molar-refractivity contribution in [3.8, 4) is 28.3 Å². The maximum absolute atomic E-state index is 11.9. The average Bonchev–Trinajstić information content (AvgIpc) is 3.31. The molecule has 3 heterocycles. The summed E-state index contributed by atoms with van der Waals surface area (Å²) in [5.74, 6) is 1.14. The first kappa shape index (κ1) is 21.1. The van der Waals surface area contributed by atoms with Crippen LogP contribution in [0.4, 0.5) is 11.6 Å². The summed E-state index contributed by atoms with van der Waals surface area (Å²) in [4.78, 5) is 21.0. The van der Waals surface area contributed by atoms with Gasteiger partial charge in [0.2, 0.25) is 5.95 Å². The molecule has 0 aliphatic carbocycles. The summed E-state index contributed by atoms with van der Waals surface area (Å²) < 4.78 is 7.05. The van der Waals surface area contributed by atoms with E-state index in [1.165, 1.54) is 0 Å². The first-order valence-electron chi connectivity index (χ1n) is 10.7. The first-order valence-corrected chi connectivity index (χ1v) is 10.7. The Morgan fingerprint density at radius 1 is 0.941 bits per heavy atom. The number of rotatable bonds is 6. The number of methoxy groups -OCH3 is 1. The van der Waals surface area contributed by atoms with Crippen LogP contribution in [0.15, 0.2) is 85.1 Å². The summed E-state index contributed by atoms with van der Waals surface area (Å²) >= 11 is 0. The van der Waals surface area contributed by atoms with Crippen LogP contribution in [0, 0.1) is 0 Å². The van der Waals surface area contributed by atoms with Crippen LogP contribution in [0.1, 0.15) is 10.4 Å². The minimum atomic E-state index is -0.132. The summed E-state index contributed by atoms with van der Waals surface area (Å²) in [7, 11) is 3.26. The van der Waals surface area contributed by atoms with Crippen molar-refractivity contribution in [1.82, 2.24) is 24.9 Å². The fourth-order valence-corrected chi connectivity index (χ4v) is 3.67. The number of hydrogen-bond acceptors (Lipinski definition) is 6. The van der Waals surface area contributed by atoms with Crippen LogP contribution in [0.2, 0.25) is 0 Å². The van der Waals surface area contributed by atoms with Gasteiger partial charge in [0.15, 0.2) is 5.65 Å². The molecule has 0 spiro atoms. The number of carbonyl (C=O) groups is 1. The second kappa shape index (κ2) is 9.03. The minimum Gasteiger partial charge on any atom is -0.497 e. The number of carbonyl (C=O) groups excluding carboxylic acids is 1. The molecule has 0 atom stereocenters. The van der Waals surface area contributed by atoms with Crippen molar-refractivity contribution in [3.05, 3.63) is 90.6 Å². The molecular formula is C26H22N6O2.